The van der Waals surface area contributed by atoms with Gasteiger partial charge in [-0.05, 0) is 44.9 Å². The smallest absolute Gasteiger partial charge is 0.113 e. The van der Waals surface area contributed by atoms with Crippen LogP contribution in [-0.4, -0.2) is 16.1 Å². The first kappa shape index (κ1) is 16.2. The fraction of sp³-hybridized carbons (Fsp3) is 0.588. The minimum absolute atomic E-state index is 0.482. The van der Waals surface area contributed by atoms with Gasteiger partial charge >= 0.3 is 0 Å². The third-order valence-corrected chi connectivity index (χ3v) is 4.84. The summed E-state index contributed by atoms with van der Waals surface area (Å²) in [4.78, 5) is 5.95. The van der Waals surface area contributed by atoms with Gasteiger partial charge in [-0.15, -0.1) is 11.3 Å². The van der Waals surface area contributed by atoms with Crippen LogP contribution in [0.2, 0.25) is 0 Å². The molecule has 0 aliphatic carbocycles. The number of nitrogens with zero attached hydrogens (tertiary/aromatic N) is 2. The van der Waals surface area contributed by atoms with Crippen LogP contribution in [0.1, 0.15) is 60.3 Å². The zero-order valence-corrected chi connectivity index (χ0v) is 14.5. The molecule has 21 heavy (non-hydrogen) atoms. The Morgan fingerprint density at radius 2 is 2.10 bits per heavy atom. The van der Waals surface area contributed by atoms with Gasteiger partial charge in [-0.25, -0.2) is 4.98 Å². The minimum Gasteiger partial charge on any atom is -0.347 e. The van der Waals surface area contributed by atoms with E-state index in [2.05, 4.69) is 61.0 Å². The predicted octanol–water partition coefficient (Wildman–Crippen LogP) is 4.45. The molecule has 1 N–H and O–H groups in total. The van der Waals surface area contributed by atoms with Crippen molar-refractivity contribution in [1.82, 2.24) is 14.9 Å². The molecule has 4 heteroatoms. The summed E-state index contributed by atoms with van der Waals surface area (Å²) < 4.78 is 2.25. The van der Waals surface area contributed by atoms with Crippen LogP contribution in [0.15, 0.2) is 18.5 Å². The van der Waals surface area contributed by atoms with Gasteiger partial charge in [-0.2, -0.15) is 0 Å². The van der Waals surface area contributed by atoms with Gasteiger partial charge in [0.2, 0.25) is 0 Å². The molecule has 3 nitrogen and oxygen atoms in total. The van der Waals surface area contributed by atoms with Crippen LogP contribution >= 0.6 is 11.3 Å². The zero-order chi connectivity index (χ0) is 15.2. The highest BCUT2D eigenvalue weighted by Gasteiger charge is 2.11. The molecule has 2 aromatic rings. The van der Waals surface area contributed by atoms with E-state index in [4.69, 9.17) is 0 Å². The van der Waals surface area contributed by atoms with Crippen molar-refractivity contribution in [2.75, 3.05) is 6.54 Å². The molecule has 0 radical (unpaired) electrons. The quantitative estimate of drug-likeness (QED) is 0.781. The molecule has 0 bridgehead atoms. The Hall–Kier alpha value is -1.13. The summed E-state index contributed by atoms with van der Waals surface area (Å²) in [5.74, 6) is 0. The maximum absolute atomic E-state index is 4.63. The van der Waals surface area contributed by atoms with E-state index in [-0.39, 0.29) is 0 Å². The van der Waals surface area contributed by atoms with Gasteiger partial charge in [0.25, 0.3) is 0 Å². The first-order chi connectivity index (χ1) is 10.1. The Bertz CT molecular complexity index is 537. The molecular formula is C17H27N3S. The third-order valence-electron chi connectivity index (χ3n) is 3.78. The van der Waals surface area contributed by atoms with E-state index in [9.17, 15) is 0 Å². The van der Waals surface area contributed by atoms with E-state index in [0.717, 1.165) is 18.8 Å². The molecular weight excluding hydrogens is 278 g/mol. The van der Waals surface area contributed by atoms with E-state index < -0.39 is 0 Å². The molecule has 2 aromatic heterocycles. The number of aryl methyl sites for hydroxylation is 2. The number of thiazole rings is 1. The second-order valence-corrected chi connectivity index (χ2v) is 6.95. The van der Waals surface area contributed by atoms with Gasteiger partial charge in [0, 0.05) is 23.3 Å². The normalized spacial score (nSPS) is 12.8. The molecule has 0 spiro atoms. The number of nitrogens with one attached hydrogen (secondary N) is 1. The van der Waals surface area contributed by atoms with Crippen LogP contribution in [-0.2, 0) is 6.54 Å². The predicted molar refractivity (Wildman–Crippen MR) is 91.1 cm³/mol. The molecule has 0 saturated heterocycles. The molecule has 0 aliphatic rings. The maximum Gasteiger partial charge on any atom is 0.113 e. The molecule has 0 fully saturated rings. The monoisotopic (exact) mass is 305 g/mol. The van der Waals surface area contributed by atoms with Gasteiger partial charge in [-0.3, -0.25) is 0 Å². The van der Waals surface area contributed by atoms with Crippen LogP contribution in [0, 0.1) is 13.8 Å². The van der Waals surface area contributed by atoms with Crippen molar-refractivity contribution < 1.29 is 0 Å². The summed E-state index contributed by atoms with van der Waals surface area (Å²) in [5.41, 5.74) is 2.56. The zero-order valence-electron chi connectivity index (χ0n) is 13.6. The molecule has 116 valence electrons. The van der Waals surface area contributed by atoms with Crippen LogP contribution in [0.3, 0.4) is 0 Å². The first-order valence-electron chi connectivity index (χ1n) is 7.96. The molecule has 0 saturated carbocycles. The fourth-order valence-electron chi connectivity index (χ4n) is 2.52. The Labute approximate surface area is 132 Å². The SMILES string of the molecule is CCCNC(CCC)c1ccn(Cc2nc(C)c(C)s2)c1. The highest BCUT2D eigenvalue weighted by atomic mass is 32.1. The van der Waals surface area contributed by atoms with Crippen molar-refractivity contribution in [3.8, 4) is 0 Å². The highest BCUT2D eigenvalue weighted by Crippen LogP contribution is 2.21. The Kier molecular flexibility index (Phi) is 6.00. The van der Waals surface area contributed by atoms with E-state index in [0.29, 0.717) is 6.04 Å². The van der Waals surface area contributed by atoms with Gasteiger partial charge in [0.1, 0.15) is 5.01 Å². The van der Waals surface area contributed by atoms with Crippen molar-refractivity contribution in [1.29, 1.82) is 0 Å². The third kappa shape index (κ3) is 4.42. The van der Waals surface area contributed by atoms with Crippen LogP contribution in [0.25, 0.3) is 0 Å². The average molecular weight is 305 g/mol. The lowest BCUT2D eigenvalue weighted by Gasteiger charge is -2.16. The van der Waals surface area contributed by atoms with Gasteiger partial charge < -0.3 is 9.88 Å². The van der Waals surface area contributed by atoms with E-state index in [1.165, 1.54) is 34.7 Å². The summed E-state index contributed by atoms with van der Waals surface area (Å²) in [5, 5.41) is 4.85. The van der Waals surface area contributed by atoms with Crippen LogP contribution in [0.4, 0.5) is 0 Å². The molecule has 2 heterocycles. The number of aromatic nitrogens is 2. The van der Waals surface area contributed by atoms with Crippen molar-refractivity contribution in [2.24, 2.45) is 0 Å². The molecule has 0 aromatic carbocycles. The Morgan fingerprint density at radius 1 is 1.29 bits per heavy atom. The van der Waals surface area contributed by atoms with E-state index in [1.807, 2.05) is 0 Å². The molecule has 2 rings (SSSR count). The summed E-state index contributed by atoms with van der Waals surface area (Å²) in [6, 6.07) is 2.73. The van der Waals surface area contributed by atoms with Crippen molar-refractivity contribution in [3.05, 3.63) is 39.6 Å². The summed E-state index contributed by atoms with van der Waals surface area (Å²) in [6.45, 7) is 10.7. The second kappa shape index (κ2) is 7.76. The summed E-state index contributed by atoms with van der Waals surface area (Å²) in [7, 11) is 0. The second-order valence-electron chi connectivity index (χ2n) is 5.66. The van der Waals surface area contributed by atoms with Gasteiger partial charge in [-0.1, -0.05) is 20.3 Å². The van der Waals surface area contributed by atoms with Crippen molar-refractivity contribution in [3.63, 3.8) is 0 Å². The molecule has 1 unspecified atom stereocenters. The van der Waals surface area contributed by atoms with Crippen LogP contribution < -0.4 is 5.32 Å². The summed E-state index contributed by atoms with van der Waals surface area (Å²) >= 11 is 1.80. The number of hydrogen-bond acceptors (Lipinski definition) is 3. The minimum atomic E-state index is 0.482. The topological polar surface area (TPSA) is 29.9 Å². The Balaban J connectivity index is 2.04. The Morgan fingerprint density at radius 3 is 2.71 bits per heavy atom. The van der Waals surface area contributed by atoms with Gasteiger partial charge in [0.15, 0.2) is 0 Å². The lowest BCUT2D eigenvalue weighted by atomic mass is 10.1. The van der Waals surface area contributed by atoms with Crippen molar-refractivity contribution >= 4 is 11.3 Å². The highest BCUT2D eigenvalue weighted by molar-refractivity contribution is 7.11. The lowest BCUT2D eigenvalue weighted by molar-refractivity contribution is 0.493. The standard InChI is InChI=1S/C17H27N3S/c1-5-7-16(18-9-6-2)15-8-10-20(11-15)12-17-19-13(3)14(4)21-17/h8,10-11,16,18H,5-7,9,12H2,1-4H3. The number of hydrogen-bond donors (Lipinski definition) is 1. The average Bonchev–Trinajstić information content (AvgIpc) is 3.03. The van der Waals surface area contributed by atoms with Gasteiger partial charge in [0.05, 0.1) is 12.2 Å². The van der Waals surface area contributed by atoms with E-state index in [1.54, 1.807) is 11.3 Å². The van der Waals surface area contributed by atoms with Crippen LogP contribution in [0.5, 0.6) is 0 Å². The maximum atomic E-state index is 4.63. The van der Waals surface area contributed by atoms with Crippen molar-refractivity contribution in [2.45, 2.75) is 59.5 Å². The largest absolute Gasteiger partial charge is 0.347 e. The first-order valence-corrected chi connectivity index (χ1v) is 8.77. The molecule has 0 aliphatic heterocycles. The summed E-state index contributed by atoms with van der Waals surface area (Å²) in [6.07, 6.45) is 8.03. The molecule has 0 amide bonds. The molecule has 1 atom stereocenters. The fourth-order valence-corrected chi connectivity index (χ4v) is 3.46. The van der Waals surface area contributed by atoms with E-state index >= 15 is 0 Å². The number of rotatable bonds is 8. The lowest BCUT2D eigenvalue weighted by Crippen LogP contribution is -2.21.